The fourth-order valence-electron chi connectivity index (χ4n) is 3.31. The second-order valence-electron chi connectivity index (χ2n) is 6.47. The molecule has 0 aromatic heterocycles. The van der Waals surface area contributed by atoms with Crippen LogP contribution in [-0.2, 0) is 23.9 Å². The quantitative estimate of drug-likeness (QED) is 0.427. The van der Waals surface area contributed by atoms with Gasteiger partial charge < -0.3 is 9.47 Å². The first-order valence-corrected chi connectivity index (χ1v) is 7.73. The lowest BCUT2D eigenvalue weighted by atomic mass is 9.55. The number of hydrogen-bond acceptors (Lipinski definition) is 5. The predicted molar refractivity (Wildman–Crippen MR) is 86.5 cm³/mol. The summed E-state index contributed by atoms with van der Waals surface area (Å²) in [6.45, 7) is 13.4. The standard InChI is InChI=1S/C18H26O5/c1-7-17(5)10-14(19)18(11-15(20)22-6,16(21)23-8-2)9-13(17)12(3)4/h7,13H,1,3,8-11H2,2,4-6H3/t13-,17+,18+/m1/s1. The molecule has 3 atom stereocenters. The molecule has 0 aromatic carbocycles. The van der Waals surface area contributed by atoms with E-state index >= 15 is 0 Å². The van der Waals surface area contributed by atoms with Gasteiger partial charge in [0, 0.05) is 6.42 Å². The highest BCUT2D eigenvalue weighted by molar-refractivity contribution is 6.07. The number of Topliss-reactive ketones (excluding diaryl/α,β-unsaturated/α-hetero) is 1. The molecular formula is C18H26O5. The Hall–Kier alpha value is -1.91. The van der Waals surface area contributed by atoms with E-state index in [2.05, 4.69) is 17.9 Å². The number of ketones is 1. The highest BCUT2D eigenvalue weighted by atomic mass is 16.5. The number of hydrogen-bond donors (Lipinski definition) is 0. The minimum absolute atomic E-state index is 0.115. The summed E-state index contributed by atoms with van der Waals surface area (Å²) in [6, 6.07) is 0. The lowest BCUT2D eigenvalue weighted by molar-refractivity contribution is -0.171. The van der Waals surface area contributed by atoms with Gasteiger partial charge in [-0.05, 0) is 31.6 Å². The number of carbonyl (C=O) groups is 3. The summed E-state index contributed by atoms with van der Waals surface area (Å²) < 4.78 is 9.79. The van der Waals surface area contributed by atoms with Gasteiger partial charge in [0.15, 0.2) is 5.78 Å². The minimum Gasteiger partial charge on any atom is -0.469 e. The first-order valence-electron chi connectivity index (χ1n) is 7.73. The fraction of sp³-hybridized carbons (Fsp3) is 0.611. The van der Waals surface area contributed by atoms with E-state index < -0.39 is 22.8 Å². The van der Waals surface area contributed by atoms with Crippen molar-refractivity contribution in [3.63, 3.8) is 0 Å². The van der Waals surface area contributed by atoms with Crippen molar-refractivity contribution >= 4 is 17.7 Å². The molecule has 0 unspecified atom stereocenters. The zero-order valence-electron chi connectivity index (χ0n) is 14.4. The van der Waals surface area contributed by atoms with Crippen LogP contribution in [0.4, 0.5) is 0 Å². The maximum atomic E-state index is 12.8. The summed E-state index contributed by atoms with van der Waals surface area (Å²) >= 11 is 0. The fourth-order valence-corrected chi connectivity index (χ4v) is 3.31. The van der Waals surface area contributed by atoms with Crippen molar-refractivity contribution < 1.29 is 23.9 Å². The van der Waals surface area contributed by atoms with Crippen LogP contribution < -0.4 is 0 Å². The van der Waals surface area contributed by atoms with Gasteiger partial charge in [0.05, 0.1) is 20.1 Å². The van der Waals surface area contributed by atoms with E-state index in [1.54, 1.807) is 13.0 Å². The smallest absolute Gasteiger partial charge is 0.320 e. The minimum atomic E-state index is -1.50. The Balaban J connectivity index is 3.36. The van der Waals surface area contributed by atoms with Crippen LogP contribution in [-0.4, -0.2) is 31.4 Å². The lowest BCUT2D eigenvalue weighted by Gasteiger charge is -2.46. The van der Waals surface area contributed by atoms with E-state index in [9.17, 15) is 14.4 Å². The summed E-state index contributed by atoms with van der Waals surface area (Å²) in [5, 5.41) is 0. The molecule has 0 aliphatic heterocycles. The van der Waals surface area contributed by atoms with Crippen LogP contribution in [0.2, 0.25) is 0 Å². The van der Waals surface area contributed by atoms with Crippen molar-refractivity contribution in [2.24, 2.45) is 16.7 Å². The van der Waals surface area contributed by atoms with E-state index in [-0.39, 0.29) is 37.6 Å². The van der Waals surface area contributed by atoms with Crippen LogP contribution in [0, 0.1) is 16.7 Å². The summed E-state index contributed by atoms with van der Waals surface area (Å²) in [6.07, 6.45) is 1.72. The topological polar surface area (TPSA) is 69.7 Å². The number of allylic oxidation sites excluding steroid dienone is 2. The van der Waals surface area contributed by atoms with Crippen LogP contribution in [0.25, 0.3) is 0 Å². The number of methoxy groups -OCH3 is 1. The van der Waals surface area contributed by atoms with Crippen molar-refractivity contribution in [1.29, 1.82) is 0 Å². The number of esters is 2. The SMILES string of the molecule is C=C[C@@]1(C)CC(=O)[C@](CC(=O)OC)(C(=O)OCC)C[C@@H]1C(=C)C. The highest BCUT2D eigenvalue weighted by Gasteiger charge is 2.57. The Labute approximate surface area is 137 Å². The van der Waals surface area contributed by atoms with E-state index in [0.717, 1.165) is 5.57 Å². The lowest BCUT2D eigenvalue weighted by Crippen LogP contribution is -2.52. The van der Waals surface area contributed by atoms with Crippen molar-refractivity contribution in [3.8, 4) is 0 Å². The van der Waals surface area contributed by atoms with Crippen LogP contribution >= 0.6 is 0 Å². The molecule has 128 valence electrons. The molecule has 0 amide bonds. The number of rotatable bonds is 6. The van der Waals surface area contributed by atoms with Crippen molar-refractivity contribution in [2.45, 2.75) is 40.0 Å². The van der Waals surface area contributed by atoms with Gasteiger partial charge in [-0.2, -0.15) is 0 Å². The van der Waals surface area contributed by atoms with Crippen LogP contribution in [0.15, 0.2) is 24.8 Å². The maximum absolute atomic E-state index is 12.8. The molecule has 5 nitrogen and oxygen atoms in total. The Kier molecular flexibility index (Phi) is 5.92. The van der Waals surface area contributed by atoms with Crippen molar-refractivity contribution in [1.82, 2.24) is 0 Å². The largest absolute Gasteiger partial charge is 0.469 e. The summed E-state index contributed by atoms with van der Waals surface area (Å²) in [7, 11) is 1.23. The molecule has 0 heterocycles. The first-order chi connectivity index (χ1) is 10.7. The first kappa shape index (κ1) is 19.1. The molecule has 0 aromatic rings. The Morgan fingerprint density at radius 1 is 1.43 bits per heavy atom. The average Bonchev–Trinajstić information content (AvgIpc) is 2.49. The molecule has 1 aliphatic carbocycles. The van der Waals surface area contributed by atoms with E-state index in [4.69, 9.17) is 4.74 Å². The zero-order valence-corrected chi connectivity index (χ0v) is 14.4. The monoisotopic (exact) mass is 322 g/mol. The zero-order chi connectivity index (χ0) is 17.8. The Morgan fingerprint density at radius 3 is 2.48 bits per heavy atom. The molecule has 1 aliphatic rings. The molecule has 0 N–H and O–H groups in total. The second-order valence-corrected chi connectivity index (χ2v) is 6.47. The summed E-state index contributed by atoms with van der Waals surface area (Å²) in [5.74, 6) is -1.71. The number of ether oxygens (including phenoxy) is 2. The van der Waals surface area contributed by atoms with E-state index in [1.165, 1.54) is 7.11 Å². The summed E-state index contributed by atoms with van der Waals surface area (Å²) in [4.78, 5) is 37.2. The molecule has 5 heteroatoms. The molecule has 1 fully saturated rings. The molecule has 23 heavy (non-hydrogen) atoms. The third-order valence-corrected chi connectivity index (χ3v) is 4.82. The van der Waals surface area contributed by atoms with Gasteiger partial charge >= 0.3 is 11.9 Å². The third-order valence-electron chi connectivity index (χ3n) is 4.82. The Bertz CT molecular complexity index is 536. The van der Waals surface area contributed by atoms with Gasteiger partial charge in [0.25, 0.3) is 0 Å². The molecule has 1 saturated carbocycles. The van der Waals surface area contributed by atoms with Crippen LogP contribution in [0.5, 0.6) is 0 Å². The molecule has 0 radical (unpaired) electrons. The molecule has 0 saturated heterocycles. The highest BCUT2D eigenvalue weighted by Crippen LogP contribution is 2.52. The second kappa shape index (κ2) is 7.11. The van der Waals surface area contributed by atoms with Gasteiger partial charge in [0.1, 0.15) is 5.41 Å². The molecular weight excluding hydrogens is 296 g/mol. The maximum Gasteiger partial charge on any atom is 0.320 e. The molecule has 1 rings (SSSR count). The average molecular weight is 322 g/mol. The van der Waals surface area contributed by atoms with Gasteiger partial charge in [-0.15, -0.1) is 6.58 Å². The van der Waals surface area contributed by atoms with Gasteiger partial charge in [-0.25, -0.2) is 0 Å². The number of carbonyl (C=O) groups excluding carboxylic acids is 3. The molecule has 0 bridgehead atoms. The van der Waals surface area contributed by atoms with Crippen LogP contribution in [0.1, 0.15) is 40.0 Å². The summed E-state index contributed by atoms with van der Waals surface area (Å²) in [5.41, 5.74) is -1.15. The van der Waals surface area contributed by atoms with Gasteiger partial charge in [-0.3, -0.25) is 14.4 Å². The van der Waals surface area contributed by atoms with Crippen molar-refractivity contribution in [2.75, 3.05) is 13.7 Å². The molecule has 0 spiro atoms. The third kappa shape index (κ3) is 3.54. The normalized spacial score (nSPS) is 30.4. The van der Waals surface area contributed by atoms with E-state index in [1.807, 2.05) is 13.8 Å². The van der Waals surface area contributed by atoms with E-state index in [0.29, 0.717) is 0 Å². The Morgan fingerprint density at radius 2 is 2.04 bits per heavy atom. The van der Waals surface area contributed by atoms with Crippen molar-refractivity contribution in [3.05, 3.63) is 24.8 Å². The van der Waals surface area contributed by atoms with Gasteiger partial charge in [0.2, 0.25) is 0 Å². The van der Waals surface area contributed by atoms with Crippen LogP contribution in [0.3, 0.4) is 0 Å². The predicted octanol–water partition coefficient (Wildman–Crippen LogP) is 2.85. The van der Waals surface area contributed by atoms with Gasteiger partial charge in [-0.1, -0.05) is 25.2 Å².